The highest BCUT2D eigenvalue weighted by Crippen LogP contribution is 2.16. The van der Waals surface area contributed by atoms with Crippen LogP contribution in [0.2, 0.25) is 0 Å². The second kappa shape index (κ2) is 6.67. The molecule has 2 heterocycles. The second-order valence-electron chi connectivity index (χ2n) is 4.16. The van der Waals surface area contributed by atoms with E-state index in [0.29, 0.717) is 36.0 Å². The van der Waals surface area contributed by atoms with Gasteiger partial charge in [-0.3, -0.25) is 9.78 Å². The molecule has 0 aliphatic rings. The predicted molar refractivity (Wildman–Crippen MR) is 73.0 cm³/mol. The fourth-order valence-corrected chi connectivity index (χ4v) is 1.57. The molecule has 0 fully saturated rings. The van der Waals surface area contributed by atoms with Gasteiger partial charge in [0, 0.05) is 25.9 Å². The molecule has 0 saturated carbocycles. The zero-order chi connectivity index (χ0) is 14.4. The van der Waals surface area contributed by atoms with E-state index in [0.717, 1.165) is 0 Å². The van der Waals surface area contributed by atoms with E-state index >= 15 is 0 Å². The molecule has 0 aromatic carbocycles. The summed E-state index contributed by atoms with van der Waals surface area (Å²) in [7, 11) is 1.58. The minimum atomic E-state index is -0.200. The van der Waals surface area contributed by atoms with Crippen molar-refractivity contribution in [2.75, 3.05) is 25.6 Å². The fourth-order valence-electron chi connectivity index (χ4n) is 1.57. The summed E-state index contributed by atoms with van der Waals surface area (Å²) in [5.74, 6) is 1.07. The third-order valence-electron chi connectivity index (χ3n) is 2.49. The van der Waals surface area contributed by atoms with Crippen LogP contribution in [0.5, 0.6) is 0 Å². The number of carbonyl (C=O) groups excluding carboxylic acids is 1. The third-order valence-corrected chi connectivity index (χ3v) is 2.49. The van der Waals surface area contributed by atoms with Crippen LogP contribution in [0, 0.1) is 6.92 Å². The molecule has 7 heteroatoms. The van der Waals surface area contributed by atoms with Gasteiger partial charge in [0.15, 0.2) is 5.82 Å². The Labute approximate surface area is 116 Å². The number of anilines is 2. The molecule has 20 heavy (non-hydrogen) atoms. The van der Waals surface area contributed by atoms with Gasteiger partial charge in [-0.2, -0.15) is 0 Å². The van der Waals surface area contributed by atoms with Crippen molar-refractivity contribution in [3.05, 3.63) is 35.9 Å². The van der Waals surface area contributed by atoms with Crippen molar-refractivity contribution >= 4 is 17.4 Å². The lowest BCUT2D eigenvalue weighted by Crippen LogP contribution is -2.27. The maximum absolute atomic E-state index is 11.9. The maximum Gasteiger partial charge on any atom is 0.253 e. The van der Waals surface area contributed by atoms with Crippen molar-refractivity contribution in [2.45, 2.75) is 6.92 Å². The molecule has 0 bridgehead atoms. The minimum Gasteiger partial charge on any atom is -0.383 e. The summed E-state index contributed by atoms with van der Waals surface area (Å²) >= 11 is 0. The van der Waals surface area contributed by atoms with Crippen LogP contribution in [0.1, 0.15) is 16.1 Å². The summed E-state index contributed by atoms with van der Waals surface area (Å²) in [6.45, 7) is 2.72. The number of carbonyl (C=O) groups is 1. The number of hydrogen-bond donors (Lipinski definition) is 2. The average Bonchev–Trinajstić information content (AvgIpc) is 2.84. The maximum atomic E-state index is 11.9. The zero-order valence-corrected chi connectivity index (χ0v) is 11.3. The van der Waals surface area contributed by atoms with Gasteiger partial charge in [0.1, 0.15) is 5.76 Å². The van der Waals surface area contributed by atoms with E-state index in [1.165, 1.54) is 6.20 Å². The SMILES string of the molecule is COCCNC(=O)c1cncc(Nc2cc(C)on2)c1. The Morgan fingerprint density at radius 1 is 1.40 bits per heavy atom. The third kappa shape index (κ3) is 3.79. The van der Waals surface area contributed by atoms with Gasteiger partial charge in [0.25, 0.3) is 5.91 Å². The molecular weight excluding hydrogens is 260 g/mol. The molecule has 2 aromatic rings. The first kappa shape index (κ1) is 14.0. The van der Waals surface area contributed by atoms with Crippen LogP contribution >= 0.6 is 0 Å². The van der Waals surface area contributed by atoms with Crippen molar-refractivity contribution in [3.8, 4) is 0 Å². The Balaban J connectivity index is 2.02. The molecule has 0 saturated heterocycles. The smallest absolute Gasteiger partial charge is 0.253 e. The van der Waals surface area contributed by atoms with Crippen molar-refractivity contribution < 1.29 is 14.1 Å². The number of amides is 1. The summed E-state index contributed by atoms with van der Waals surface area (Å²) in [6, 6.07) is 3.45. The highest BCUT2D eigenvalue weighted by molar-refractivity contribution is 5.94. The van der Waals surface area contributed by atoms with E-state index < -0.39 is 0 Å². The Morgan fingerprint density at radius 3 is 2.95 bits per heavy atom. The molecule has 7 nitrogen and oxygen atoms in total. The number of aromatic nitrogens is 2. The van der Waals surface area contributed by atoms with Crippen molar-refractivity contribution in [2.24, 2.45) is 0 Å². The summed E-state index contributed by atoms with van der Waals surface area (Å²) in [6.07, 6.45) is 3.11. The molecular formula is C13H16N4O3. The highest BCUT2D eigenvalue weighted by atomic mass is 16.5. The van der Waals surface area contributed by atoms with E-state index in [9.17, 15) is 4.79 Å². The Hall–Kier alpha value is -2.41. The zero-order valence-electron chi connectivity index (χ0n) is 11.3. The molecule has 2 aromatic heterocycles. The summed E-state index contributed by atoms with van der Waals surface area (Å²) < 4.78 is 9.83. The molecule has 2 rings (SSSR count). The van der Waals surface area contributed by atoms with Gasteiger partial charge in [0.2, 0.25) is 0 Å². The number of rotatable bonds is 6. The van der Waals surface area contributed by atoms with Crippen LogP contribution in [0.4, 0.5) is 11.5 Å². The second-order valence-corrected chi connectivity index (χ2v) is 4.16. The highest BCUT2D eigenvalue weighted by Gasteiger charge is 2.07. The first-order chi connectivity index (χ1) is 9.69. The van der Waals surface area contributed by atoms with E-state index in [1.807, 2.05) is 0 Å². The number of nitrogens with zero attached hydrogens (tertiary/aromatic N) is 2. The van der Waals surface area contributed by atoms with Gasteiger partial charge in [-0.25, -0.2) is 0 Å². The number of ether oxygens (including phenoxy) is 1. The predicted octanol–water partition coefficient (Wildman–Crippen LogP) is 1.50. The quantitative estimate of drug-likeness (QED) is 0.777. The van der Waals surface area contributed by atoms with Gasteiger partial charge in [0.05, 0.1) is 24.1 Å². The van der Waals surface area contributed by atoms with E-state index in [1.54, 1.807) is 32.4 Å². The van der Waals surface area contributed by atoms with Crippen molar-refractivity contribution in [1.82, 2.24) is 15.5 Å². The van der Waals surface area contributed by atoms with Gasteiger partial charge < -0.3 is 19.9 Å². The van der Waals surface area contributed by atoms with Crippen LogP contribution in [0.25, 0.3) is 0 Å². The molecule has 0 radical (unpaired) electrons. The van der Waals surface area contributed by atoms with Gasteiger partial charge in [-0.15, -0.1) is 0 Å². The van der Waals surface area contributed by atoms with Crippen molar-refractivity contribution in [3.63, 3.8) is 0 Å². The number of hydrogen-bond acceptors (Lipinski definition) is 6. The fraction of sp³-hybridized carbons (Fsp3) is 0.308. The number of nitrogens with one attached hydrogen (secondary N) is 2. The Kier molecular flexibility index (Phi) is 4.67. The molecule has 2 N–H and O–H groups in total. The largest absolute Gasteiger partial charge is 0.383 e. The minimum absolute atomic E-state index is 0.200. The van der Waals surface area contributed by atoms with Crippen LogP contribution in [-0.2, 0) is 4.74 Å². The molecule has 1 amide bonds. The standard InChI is InChI=1S/C13H16N4O3/c1-9-5-12(17-20-9)16-11-6-10(7-14-8-11)13(18)15-3-4-19-2/h5-8H,3-4H2,1-2H3,(H,15,18)(H,16,17). The first-order valence-electron chi connectivity index (χ1n) is 6.11. The normalized spacial score (nSPS) is 10.3. The van der Waals surface area contributed by atoms with Gasteiger partial charge in [-0.05, 0) is 13.0 Å². The van der Waals surface area contributed by atoms with Gasteiger partial charge in [-0.1, -0.05) is 5.16 Å². The topological polar surface area (TPSA) is 89.3 Å². The summed E-state index contributed by atoms with van der Waals surface area (Å²) in [4.78, 5) is 15.9. The lowest BCUT2D eigenvalue weighted by atomic mass is 10.2. The number of methoxy groups -OCH3 is 1. The Morgan fingerprint density at radius 2 is 2.25 bits per heavy atom. The molecule has 0 unspecified atom stereocenters. The molecule has 0 spiro atoms. The van der Waals surface area contributed by atoms with E-state index in [-0.39, 0.29) is 5.91 Å². The number of aryl methyl sites for hydroxylation is 1. The Bertz CT molecular complexity index is 583. The molecule has 0 atom stereocenters. The number of pyridine rings is 1. The van der Waals surface area contributed by atoms with Crippen molar-refractivity contribution in [1.29, 1.82) is 0 Å². The molecule has 0 aliphatic carbocycles. The molecule has 0 aliphatic heterocycles. The lowest BCUT2D eigenvalue weighted by Gasteiger charge is -2.06. The van der Waals surface area contributed by atoms with E-state index in [4.69, 9.17) is 9.26 Å². The van der Waals surface area contributed by atoms with Crippen LogP contribution in [0.15, 0.2) is 29.0 Å². The average molecular weight is 276 g/mol. The van der Waals surface area contributed by atoms with Gasteiger partial charge >= 0.3 is 0 Å². The summed E-state index contributed by atoms with van der Waals surface area (Å²) in [5, 5.41) is 9.56. The summed E-state index contributed by atoms with van der Waals surface area (Å²) in [5.41, 5.74) is 1.13. The lowest BCUT2D eigenvalue weighted by molar-refractivity contribution is 0.0937. The first-order valence-corrected chi connectivity index (χ1v) is 6.11. The monoisotopic (exact) mass is 276 g/mol. The molecule has 106 valence electrons. The van der Waals surface area contributed by atoms with Crippen LogP contribution in [0.3, 0.4) is 0 Å². The van der Waals surface area contributed by atoms with Crippen LogP contribution in [-0.4, -0.2) is 36.3 Å². The van der Waals surface area contributed by atoms with Crippen LogP contribution < -0.4 is 10.6 Å². The van der Waals surface area contributed by atoms with E-state index in [2.05, 4.69) is 20.8 Å².